The summed E-state index contributed by atoms with van der Waals surface area (Å²) in [5.74, 6) is 0. The Labute approximate surface area is 105 Å². The normalized spacial score (nSPS) is 26.2. The molecule has 4 heteroatoms. The molecule has 0 spiro atoms. The highest BCUT2D eigenvalue weighted by Crippen LogP contribution is 2.26. The summed E-state index contributed by atoms with van der Waals surface area (Å²) in [6.45, 7) is 3.56. The molecule has 1 rings (SSSR count). The van der Waals surface area contributed by atoms with Crippen LogP contribution in [0.1, 0.15) is 25.7 Å². The number of nitrogens with zero attached hydrogens (tertiary/aromatic N) is 1. The Kier molecular flexibility index (Phi) is 7.45. The monoisotopic (exact) mass is 247 g/mol. The molecule has 2 atom stereocenters. The van der Waals surface area contributed by atoms with Gasteiger partial charge in [0.1, 0.15) is 0 Å². The van der Waals surface area contributed by atoms with Gasteiger partial charge in [0.25, 0.3) is 0 Å². The van der Waals surface area contributed by atoms with Crippen molar-refractivity contribution in [1.82, 2.24) is 4.90 Å². The summed E-state index contributed by atoms with van der Waals surface area (Å²) in [5, 5.41) is 0.516. The number of ether oxygens (including phenoxy) is 2. The molecule has 1 fully saturated rings. The second kappa shape index (κ2) is 8.34. The fourth-order valence-electron chi connectivity index (χ4n) is 2.38. The van der Waals surface area contributed by atoms with Gasteiger partial charge in [0.15, 0.2) is 0 Å². The van der Waals surface area contributed by atoms with Gasteiger partial charge >= 0.3 is 0 Å². The molecule has 0 radical (unpaired) electrons. The second-order valence-corrected chi connectivity index (χ2v) is 5.10. The summed E-state index contributed by atoms with van der Waals surface area (Å²) in [7, 11) is 3.51. The summed E-state index contributed by atoms with van der Waals surface area (Å²) < 4.78 is 10.3. The zero-order chi connectivity index (χ0) is 11.8. The molecule has 0 saturated heterocycles. The lowest BCUT2D eigenvalue weighted by molar-refractivity contribution is 0.0765. The van der Waals surface area contributed by atoms with Crippen molar-refractivity contribution in [3.63, 3.8) is 0 Å². The third kappa shape index (κ3) is 4.62. The first-order valence-electron chi connectivity index (χ1n) is 6.19. The van der Waals surface area contributed by atoms with E-state index in [2.05, 4.69) is 4.90 Å². The number of hydrogen-bond acceptors (Lipinski definition) is 4. The van der Waals surface area contributed by atoms with Gasteiger partial charge in [0.05, 0.1) is 13.2 Å². The van der Waals surface area contributed by atoms with Crippen LogP contribution in [-0.2, 0) is 9.47 Å². The first-order valence-corrected chi connectivity index (χ1v) is 6.71. The maximum absolute atomic E-state index is 5.17. The molecule has 0 aromatic rings. The number of hydrogen-bond donors (Lipinski definition) is 1. The molecule has 1 saturated carbocycles. The van der Waals surface area contributed by atoms with Crippen LogP contribution in [0.15, 0.2) is 0 Å². The minimum atomic E-state index is 0.516. The van der Waals surface area contributed by atoms with E-state index >= 15 is 0 Å². The highest BCUT2D eigenvalue weighted by atomic mass is 32.1. The Bertz CT molecular complexity index is 172. The minimum absolute atomic E-state index is 0.516. The predicted molar refractivity (Wildman–Crippen MR) is 70.4 cm³/mol. The molecular formula is C12H25NO2S. The van der Waals surface area contributed by atoms with Gasteiger partial charge in [0.2, 0.25) is 0 Å². The van der Waals surface area contributed by atoms with Crippen LogP contribution in [-0.4, -0.2) is 56.7 Å². The lowest BCUT2D eigenvalue weighted by Crippen LogP contribution is -2.46. The molecule has 96 valence electrons. The average molecular weight is 247 g/mol. The maximum atomic E-state index is 5.17. The standard InChI is InChI=1S/C12H25NO2S/c1-14-9-7-13(8-10-15-2)11-5-3-4-6-12(11)16/h11-12,16H,3-10H2,1-2H3. The molecule has 0 N–H and O–H groups in total. The van der Waals surface area contributed by atoms with Gasteiger partial charge < -0.3 is 9.47 Å². The highest BCUT2D eigenvalue weighted by molar-refractivity contribution is 7.81. The van der Waals surface area contributed by atoms with Gasteiger partial charge in [-0.15, -0.1) is 0 Å². The second-order valence-electron chi connectivity index (χ2n) is 4.44. The van der Waals surface area contributed by atoms with Crippen molar-refractivity contribution in [2.24, 2.45) is 0 Å². The third-order valence-corrected chi connectivity index (χ3v) is 3.93. The molecule has 0 aromatic heterocycles. The Morgan fingerprint density at radius 1 is 1.06 bits per heavy atom. The first-order chi connectivity index (χ1) is 7.79. The van der Waals surface area contributed by atoms with Crippen molar-refractivity contribution < 1.29 is 9.47 Å². The summed E-state index contributed by atoms with van der Waals surface area (Å²) in [6.07, 6.45) is 5.16. The minimum Gasteiger partial charge on any atom is -0.383 e. The fourth-order valence-corrected chi connectivity index (χ4v) is 2.90. The Morgan fingerprint density at radius 3 is 2.12 bits per heavy atom. The zero-order valence-corrected chi connectivity index (χ0v) is 11.4. The van der Waals surface area contributed by atoms with E-state index in [0.717, 1.165) is 26.3 Å². The van der Waals surface area contributed by atoms with Crippen molar-refractivity contribution in [1.29, 1.82) is 0 Å². The lowest BCUT2D eigenvalue weighted by atomic mass is 9.93. The molecule has 0 heterocycles. The molecule has 0 bridgehead atoms. The van der Waals surface area contributed by atoms with Crippen LogP contribution in [0.2, 0.25) is 0 Å². The van der Waals surface area contributed by atoms with Crippen LogP contribution in [0, 0.1) is 0 Å². The summed E-state index contributed by atoms with van der Waals surface area (Å²) in [5.41, 5.74) is 0. The van der Waals surface area contributed by atoms with E-state index in [1.54, 1.807) is 14.2 Å². The topological polar surface area (TPSA) is 21.7 Å². The van der Waals surface area contributed by atoms with Gasteiger partial charge in [-0.25, -0.2) is 0 Å². The van der Waals surface area contributed by atoms with Gasteiger partial charge in [-0.2, -0.15) is 12.6 Å². The molecule has 0 aromatic carbocycles. The van der Waals surface area contributed by atoms with Crippen LogP contribution in [0.5, 0.6) is 0 Å². The third-order valence-electron chi connectivity index (χ3n) is 3.33. The molecule has 3 nitrogen and oxygen atoms in total. The quantitative estimate of drug-likeness (QED) is 0.694. The molecular weight excluding hydrogens is 222 g/mol. The van der Waals surface area contributed by atoms with E-state index in [1.165, 1.54) is 25.7 Å². The molecule has 1 aliphatic rings. The van der Waals surface area contributed by atoms with Gasteiger partial charge in [0, 0.05) is 38.6 Å². The summed E-state index contributed by atoms with van der Waals surface area (Å²) in [6, 6.07) is 0.599. The van der Waals surface area contributed by atoms with Crippen LogP contribution in [0.3, 0.4) is 0 Å². The largest absolute Gasteiger partial charge is 0.383 e. The van der Waals surface area contributed by atoms with E-state index < -0.39 is 0 Å². The maximum Gasteiger partial charge on any atom is 0.0589 e. The van der Waals surface area contributed by atoms with Crippen molar-refractivity contribution in [2.45, 2.75) is 37.0 Å². The van der Waals surface area contributed by atoms with Crippen molar-refractivity contribution in [2.75, 3.05) is 40.5 Å². The molecule has 0 amide bonds. The van der Waals surface area contributed by atoms with Crippen molar-refractivity contribution >= 4 is 12.6 Å². The Balaban J connectivity index is 2.44. The predicted octanol–water partition coefficient (Wildman–Crippen LogP) is 1.82. The molecule has 2 unspecified atom stereocenters. The fraction of sp³-hybridized carbons (Fsp3) is 1.00. The van der Waals surface area contributed by atoms with Crippen molar-refractivity contribution in [3.8, 4) is 0 Å². The number of methoxy groups -OCH3 is 2. The van der Waals surface area contributed by atoms with Crippen molar-refractivity contribution in [3.05, 3.63) is 0 Å². The zero-order valence-electron chi connectivity index (χ0n) is 10.5. The molecule has 16 heavy (non-hydrogen) atoms. The van der Waals surface area contributed by atoms with Crippen LogP contribution < -0.4 is 0 Å². The number of thiol groups is 1. The van der Waals surface area contributed by atoms with E-state index in [9.17, 15) is 0 Å². The number of rotatable bonds is 7. The first kappa shape index (κ1) is 14.3. The lowest BCUT2D eigenvalue weighted by Gasteiger charge is -2.37. The van der Waals surface area contributed by atoms with E-state index in [-0.39, 0.29) is 0 Å². The molecule has 1 aliphatic carbocycles. The van der Waals surface area contributed by atoms with Gasteiger partial charge in [-0.1, -0.05) is 12.8 Å². The van der Waals surface area contributed by atoms with Crippen LogP contribution in [0.4, 0.5) is 0 Å². The highest BCUT2D eigenvalue weighted by Gasteiger charge is 2.27. The van der Waals surface area contributed by atoms with Gasteiger partial charge in [-0.3, -0.25) is 4.90 Å². The average Bonchev–Trinajstić information content (AvgIpc) is 2.31. The van der Waals surface area contributed by atoms with E-state index in [1.807, 2.05) is 0 Å². The van der Waals surface area contributed by atoms with Crippen LogP contribution in [0.25, 0.3) is 0 Å². The Hall–Kier alpha value is 0.230. The van der Waals surface area contributed by atoms with Crippen LogP contribution >= 0.6 is 12.6 Å². The smallest absolute Gasteiger partial charge is 0.0589 e. The summed E-state index contributed by atoms with van der Waals surface area (Å²) in [4.78, 5) is 2.48. The SMILES string of the molecule is COCCN(CCOC)C1CCCCC1S. The van der Waals surface area contributed by atoms with Gasteiger partial charge in [-0.05, 0) is 12.8 Å². The molecule has 0 aliphatic heterocycles. The van der Waals surface area contributed by atoms with E-state index in [4.69, 9.17) is 22.1 Å². The summed E-state index contributed by atoms with van der Waals surface area (Å²) >= 11 is 4.72. The van der Waals surface area contributed by atoms with E-state index in [0.29, 0.717) is 11.3 Å². The Morgan fingerprint density at radius 2 is 1.62 bits per heavy atom.